The molecule has 2 aliphatic rings. The maximum atomic E-state index is 13.5. The van der Waals surface area contributed by atoms with Crippen molar-refractivity contribution in [3.8, 4) is 5.75 Å². The van der Waals surface area contributed by atoms with E-state index < -0.39 is 11.7 Å². The monoisotopic (exact) mass is 395 g/mol. The quantitative estimate of drug-likeness (QED) is 0.703. The zero-order chi connectivity index (χ0) is 20.1. The van der Waals surface area contributed by atoms with Crippen molar-refractivity contribution in [3.63, 3.8) is 0 Å². The van der Waals surface area contributed by atoms with E-state index in [0.29, 0.717) is 35.7 Å². The van der Waals surface area contributed by atoms with Gasteiger partial charge in [-0.15, -0.1) is 0 Å². The summed E-state index contributed by atoms with van der Waals surface area (Å²) in [5.74, 6) is -0.773. The third kappa shape index (κ3) is 2.98. The molecule has 1 aromatic carbocycles. The Morgan fingerprint density at radius 1 is 1.24 bits per heavy atom. The summed E-state index contributed by atoms with van der Waals surface area (Å²) in [5.41, 5.74) is 7.68. The minimum Gasteiger partial charge on any atom is -0.493 e. The fraction of sp³-hybridized carbons (Fsp3) is 0.300. The van der Waals surface area contributed by atoms with Crippen molar-refractivity contribution in [2.45, 2.75) is 31.2 Å². The first-order valence-corrected chi connectivity index (χ1v) is 9.43. The lowest BCUT2D eigenvalue weighted by molar-refractivity contribution is 0.0924. The number of carbonyl (C=O) groups excluding carboxylic acids is 2. The van der Waals surface area contributed by atoms with Crippen molar-refractivity contribution in [3.05, 3.63) is 58.8 Å². The number of ether oxygens (including phenoxy) is 1. The van der Waals surface area contributed by atoms with Crippen molar-refractivity contribution in [1.29, 1.82) is 0 Å². The molecule has 0 spiro atoms. The van der Waals surface area contributed by atoms with Gasteiger partial charge in [-0.2, -0.15) is 5.10 Å². The Morgan fingerprint density at radius 3 is 2.83 bits per heavy atom. The fourth-order valence-corrected chi connectivity index (χ4v) is 3.76. The van der Waals surface area contributed by atoms with Crippen LogP contribution in [-0.4, -0.2) is 33.0 Å². The van der Waals surface area contributed by atoms with Crippen molar-refractivity contribution >= 4 is 17.5 Å². The number of primary amides is 1. The zero-order valence-electron chi connectivity index (χ0n) is 15.4. The molecule has 8 nitrogen and oxygen atoms in total. The molecule has 148 valence electrons. The van der Waals surface area contributed by atoms with Gasteiger partial charge in [-0.25, -0.2) is 13.9 Å². The molecule has 29 heavy (non-hydrogen) atoms. The predicted octanol–water partition coefficient (Wildman–Crippen LogP) is 2.10. The van der Waals surface area contributed by atoms with E-state index in [9.17, 15) is 14.0 Å². The van der Waals surface area contributed by atoms with Gasteiger partial charge in [-0.3, -0.25) is 9.59 Å². The van der Waals surface area contributed by atoms with Gasteiger partial charge in [-0.1, -0.05) is 6.07 Å². The van der Waals surface area contributed by atoms with Crippen LogP contribution in [0.25, 0.3) is 5.65 Å². The van der Waals surface area contributed by atoms with E-state index in [1.165, 1.54) is 22.8 Å². The second-order valence-electron chi connectivity index (χ2n) is 7.31. The van der Waals surface area contributed by atoms with Gasteiger partial charge in [0.1, 0.15) is 11.6 Å². The molecule has 1 aliphatic heterocycles. The first-order valence-electron chi connectivity index (χ1n) is 9.43. The number of nitrogens with two attached hydrogens (primary N) is 1. The Bertz CT molecular complexity index is 1150. The lowest BCUT2D eigenvalue weighted by atomic mass is 10.00. The maximum Gasteiger partial charge on any atom is 0.269 e. The molecule has 1 atom stereocenters. The number of benzene rings is 1. The van der Waals surface area contributed by atoms with Crippen LogP contribution in [0.5, 0.6) is 5.75 Å². The average Bonchev–Trinajstić information content (AvgIpc) is 3.46. The number of hydrogen-bond acceptors (Lipinski definition) is 5. The SMILES string of the molecule is NC(=O)c1c(C2CC2)nc2c(C(=O)N[C@H]3CCOc4cc(F)ccc43)ccnn12. The largest absolute Gasteiger partial charge is 0.493 e. The zero-order valence-corrected chi connectivity index (χ0v) is 15.4. The second kappa shape index (κ2) is 6.54. The summed E-state index contributed by atoms with van der Waals surface area (Å²) < 4.78 is 20.3. The van der Waals surface area contributed by atoms with E-state index in [1.807, 2.05) is 0 Å². The molecule has 0 unspecified atom stereocenters. The van der Waals surface area contributed by atoms with Gasteiger partial charge >= 0.3 is 0 Å². The molecule has 2 amide bonds. The number of rotatable bonds is 4. The van der Waals surface area contributed by atoms with Crippen molar-refractivity contribution in [2.24, 2.45) is 5.73 Å². The molecule has 1 fully saturated rings. The van der Waals surface area contributed by atoms with Crippen LogP contribution < -0.4 is 15.8 Å². The Balaban J connectivity index is 1.51. The van der Waals surface area contributed by atoms with Crippen LogP contribution in [0.15, 0.2) is 30.5 Å². The van der Waals surface area contributed by atoms with Crippen LogP contribution in [0.4, 0.5) is 4.39 Å². The second-order valence-corrected chi connectivity index (χ2v) is 7.31. The van der Waals surface area contributed by atoms with Crippen LogP contribution in [0.1, 0.15) is 63.3 Å². The fourth-order valence-electron chi connectivity index (χ4n) is 3.76. The van der Waals surface area contributed by atoms with Gasteiger partial charge in [0.25, 0.3) is 11.8 Å². The van der Waals surface area contributed by atoms with Gasteiger partial charge < -0.3 is 15.8 Å². The molecule has 9 heteroatoms. The molecular formula is C20H18FN5O3. The molecule has 3 N–H and O–H groups in total. The molecule has 2 aromatic heterocycles. The van der Waals surface area contributed by atoms with Crippen molar-refractivity contribution in [1.82, 2.24) is 19.9 Å². The highest BCUT2D eigenvalue weighted by atomic mass is 19.1. The van der Waals surface area contributed by atoms with E-state index in [1.54, 1.807) is 12.1 Å². The summed E-state index contributed by atoms with van der Waals surface area (Å²) >= 11 is 0. The highest BCUT2D eigenvalue weighted by molar-refractivity contribution is 6.01. The first-order chi connectivity index (χ1) is 14.0. The molecule has 0 bridgehead atoms. The number of nitrogens with zero attached hydrogens (tertiary/aromatic N) is 3. The lowest BCUT2D eigenvalue weighted by Crippen LogP contribution is -2.32. The van der Waals surface area contributed by atoms with Gasteiger partial charge in [0.2, 0.25) is 0 Å². The molecule has 3 aromatic rings. The molecule has 0 radical (unpaired) electrons. The van der Waals surface area contributed by atoms with Crippen LogP contribution in [0.3, 0.4) is 0 Å². The first kappa shape index (κ1) is 17.6. The molecule has 3 heterocycles. The number of fused-ring (bicyclic) bond motifs is 2. The van der Waals surface area contributed by atoms with E-state index in [-0.39, 0.29) is 23.6 Å². The van der Waals surface area contributed by atoms with Crippen LogP contribution in [-0.2, 0) is 0 Å². The summed E-state index contributed by atoms with van der Waals surface area (Å²) in [6.07, 6.45) is 3.86. The maximum absolute atomic E-state index is 13.5. The lowest BCUT2D eigenvalue weighted by Gasteiger charge is -2.26. The Hall–Kier alpha value is -3.49. The Morgan fingerprint density at radius 2 is 2.07 bits per heavy atom. The van der Waals surface area contributed by atoms with Gasteiger partial charge in [0.05, 0.1) is 23.9 Å². The number of hydrogen-bond donors (Lipinski definition) is 2. The summed E-state index contributed by atoms with van der Waals surface area (Å²) in [6, 6.07) is 5.50. The smallest absolute Gasteiger partial charge is 0.269 e. The third-order valence-corrected chi connectivity index (χ3v) is 5.31. The van der Waals surface area contributed by atoms with E-state index >= 15 is 0 Å². The normalized spacial score (nSPS) is 18.2. The number of imidazole rings is 1. The highest BCUT2D eigenvalue weighted by Gasteiger charge is 2.34. The molecule has 0 saturated heterocycles. The average molecular weight is 395 g/mol. The summed E-state index contributed by atoms with van der Waals surface area (Å²) in [5, 5.41) is 7.15. The van der Waals surface area contributed by atoms with Crippen LogP contribution in [0.2, 0.25) is 0 Å². The Labute approximate surface area is 164 Å². The van der Waals surface area contributed by atoms with Crippen LogP contribution >= 0.6 is 0 Å². The number of amides is 2. The Kier molecular flexibility index (Phi) is 3.97. The number of nitrogens with one attached hydrogen (secondary N) is 1. The molecule has 1 aliphatic carbocycles. The highest BCUT2D eigenvalue weighted by Crippen LogP contribution is 2.41. The van der Waals surface area contributed by atoms with Gasteiger partial charge in [0, 0.05) is 30.2 Å². The van der Waals surface area contributed by atoms with Crippen molar-refractivity contribution in [2.75, 3.05) is 6.61 Å². The number of aromatic nitrogens is 3. The van der Waals surface area contributed by atoms with E-state index in [2.05, 4.69) is 15.4 Å². The van der Waals surface area contributed by atoms with Gasteiger partial charge in [0.15, 0.2) is 11.3 Å². The van der Waals surface area contributed by atoms with E-state index in [0.717, 1.165) is 18.4 Å². The topological polar surface area (TPSA) is 112 Å². The van der Waals surface area contributed by atoms with Crippen LogP contribution in [0, 0.1) is 5.82 Å². The minimum atomic E-state index is -0.621. The number of halogens is 1. The molecule has 5 rings (SSSR count). The third-order valence-electron chi connectivity index (χ3n) is 5.31. The van der Waals surface area contributed by atoms with E-state index in [4.69, 9.17) is 10.5 Å². The summed E-state index contributed by atoms with van der Waals surface area (Å²) in [6.45, 7) is 0.369. The number of carbonyl (C=O) groups is 2. The van der Waals surface area contributed by atoms with Gasteiger partial charge in [-0.05, 0) is 25.0 Å². The summed E-state index contributed by atoms with van der Waals surface area (Å²) in [7, 11) is 0. The summed E-state index contributed by atoms with van der Waals surface area (Å²) in [4.78, 5) is 29.6. The standard InChI is InChI=1S/C20H18FN5O3/c21-11-3-4-12-14(6-8-29-15(12)9-11)24-20(28)13-5-7-23-26-17(18(22)27)16(10-1-2-10)25-19(13)26/h3-5,7,9-10,14H,1-2,6,8H2,(H2,22,27)(H,24,28)/t14-/m0/s1. The minimum absolute atomic E-state index is 0.173. The predicted molar refractivity (Wildman–Crippen MR) is 100 cm³/mol. The van der Waals surface area contributed by atoms with Crippen molar-refractivity contribution < 1.29 is 18.7 Å². The molecule has 1 saturated carbocycles. The molecular weight excluding hydrogens is 377 g/mol.